The van der Waals surface area contributed by atoms with Crippen LogP contribution in [0.25, 0.3) is 0 Å². The molecule has 0 saturated heterocycles. The number of nitrogens with one attached hydrogen (secondary N) is 1. The number of carbonyl (C=O) groups excluding carboxylic acids is 2. The van der Waals surface area contributed by atoms with Crippen molar-refractivity contribution >= 4 is 11.9 Å². The molecule has 1 amide bonds. The van der Waals surface area contributed by atoms with Gasteiger partial charge in [-0.1, -0.05) is 243 Å². The lowest BCUT2D eigenvalue weighted by Crippen LogP contribution is -2.46. The zero-order chi connectivity index (χ0) is 43.1. The van der Waals surface area contributed by atoms with Crippen molar-refractivity contribution in [2.45, 2.75) is 270 Å². The fourth-order valence-corrected chi connectivity index (χ4v) is 7.68. The molecule has 0 aliphatic carbocycles. The largest absolute Gasteiger partial charge is 0.462 e. The first kappa shape index (κ1) is 56.8. The Balaban J connectivity index is 4.62. The van der Waals surface area contributed by atoms with Crippen LogP contribution in [0.5, 0.6) is 0 Å². The predicted molar refractivity (Wildman–Crippen MR) is 255 cm³/mol. The first-order chi connectivity index (χ1) is 29.0. The number of ether oxygens (including phenoxy) is 1. The van der Waals surface area contributed by atoms with E-state index in [0.717, 1.165) is 64.2 Å². The van der Waals surface area contributed by atoms with E-state index in [-0.39, 0.29) is 24.9 Å². The third-order valence-electron chi connectivity index (χ3n) is 11.5. The van der Waals surface area contributed by atoms with Crippen molar-refractivity contribution in [3.8, 4) is 0 Å². The van der Waals surface area contributed by atoms with Crippen LogP contribution in [0.1, 0.15) is 252 Å². The second-order valence-corrected chi connectivity index (χ2v) is 17.3. The summed E-state index contributed by atoms with van der Waals surface area (Å²) >= 11 is 0. The van der Waals surface area contributed by atoms with Crippen LogP contribution in [0, 0.1) is 0 Å². The first-order valence-corrected chi connectivity index (χ1v) is 25.4. The van der Waals surface area contributed by atoms with Gasteiger partial charge in [0.05, 0.1) is 25.2 Å². The number of aliphatic hydroxyl groups excluding tert-OH is 2. The van der Waals surface area contributed by atoms with Crippen molar-refractivity contribution < 1.29 is 24.5 Å². The maximum Gasteiger partial charge on any atom is 0.306 e. The Morgan fingerprint density at radius 2 is 0.915 bits per heavy atom. The number of hydrogen-bond donors (Lipinski definition) is 3. The van der Waals surface area contributed by atoms with E-state index in [4.69, 9.17) is 4.74 Å². The molecular weight excluding hydrogens is 731 g/mol. The summed E-state index contributed by atoms with van der Waals surface area (Å²) < 4.78 is 5.91. The van der Waals surface area contributed by atoms with Gasteiger partial charge in [0.1, 0.15) is 6.10 Å². The second kappa shape index (κ2) is 46.9. The molecule has 0 bridgehead atoms. The van der Waals surface area contributed by atoms with Gasteiger partial charge in [-0.05, 0) is 44.9 Å². The van der Waals surface area contributed by atoms with Crippen molar-refractivity contribution in [3.05, 3.63) is 48.6 Å². The molecule has 3 N–H and O–H groups in total. The molecule has 0 saturated carbocycles. The summed E-state index contributed by atoms with van der Waals surface area (Å²) in [6.45, 7) is 6.34. The molecule has 3 unspecified atom stereocenters. The highest BCUT2D eigenvalue weighted by molar-refractivity contribution is 5.77. The second-order valence-electron chi connectivity index (χ2n) is 17.3. The van der Waals surface area contributed by atoms with Crippen LogP contribution < -0.4 is 5.32 Å². The lowest BCUT2D eigenvalue weighted by Gasteiger charge is -2.24. The summed E-state index contributed by atoms with van der Waals surface area (Å²) in [5.74, 6) is -0.512. The molecule has 6 heteroatoms. The number of unbranched alkanes of at least 4 members (excludes halogenated alkanes) is 28. The zero-order valence-corrected chi connectivity index (χ0v) is 39.1. The standard InChI is InChI=1S/C53H97NO5/c1-4-7-10-13-16-19-22-25-28-29-32-35-38-41-44-49(59-53(58)46-43-40-37-34-31-27-24-21-18-15-12-9-6-3)47-52(57)54-50(48-55)51(56)45-42-39-36-33-30-26-23-20-17-14-11-8-5-2/h9,12,15,18,21,24,27,31,49-51,55-56H,4-8,10-11,13-14,16-17,19-20,22-23,25-26,28-30,32-48H2,1-3H3,(H,54,57)/b12-9+,18-15+,24-21-,31-27-. The van der Waals surface area contributed by atoms with Gasteiger partial charge in [0.2, 0.25) is 5.91 Å². The lowest BCUT2D eigenvalue weighted by atomic mass is 10.0. The molecule has 0 heterocycles. The van der Waals surface area contributed by atoms with Crippen molar-refractivity contribution in [1.82, 2.24) is 5.32 Å². The Hall–Kier alpha value is -2.18. The SMILES string of the molecule is CC/C=C/C=C/C=C\C=C/CCCCCC(=O)OC(CCCCCCCCCCCCCCCC)CC(=O)NC(CO)C(O)CCCCCCCCCCCCCCC. The average molecular weight is 828 g/mol. The molecule has 0 rings (SSSR count). The number of carbonyl (C=O) groups is 2. The highest BCUT2D eigenvalue weighted by Crippen LogP contribution is 2.18. The number of rotatable bonds is 45. The molecule has 3 atom stereocenters. The van der Waals surface area contributed by atoms with Gasteiger partial charge in [0.25, 0.3) is 0 Å². The molecule has 0 aromatic rings. The van der Waals surface area contributed by atoms with Gasteiger partial charge >= 0.3 is 5.97 Å². The predicted octanol–water partition coefficient (Wildman–Crippen LogP) is 15.1. The zero-order valence-electron chi connectivity index (χ0n) is 39.1. The smallest absolute Gasteiger partial charge is 0.306 e. The van der Waals surface area contributed by atoms with E-state index in [1.54, 1.807) is 0 Å². The van der Waals surface area contributed by atoms with E-state index in [1.165, 1.54) is 141 Å². The van der Waals surface area contributed by atoms with E-state index in [2.05, 4.69) is 50.4 Å². The van der Waals surface area contributed by atoms with Crippen LogP contribution in [0.3, 0.4) is 0 Å². The van der Waals surface area contributed by atoms with Gasteiger partial charge in [-0.25, -0.2) is 0 Å². The summed E-state index contributed by atoms with van der Waals surface area (Å²) in [7, 11) is 0. The van der Waals surface area contributed by atoms with E-state index >= 15 is 0 Å². The monoisotopic (exact) mass is 828 g/mol. The summed E-state index contributed by atoms with van der Waals surface area (Å²) in [6.07, 6.45) is 56.0. The van der Waals surface area contributed by atoms with Gasteiger partial charge in [-0.2, -0.15) is 0 Å². The van der Waals surface area contributed by atoms with Gasteiger partial charge in [0, 0.05) is 6.42 Å². The molecule has 344 valence electrons. The number of aliphatic hydroxyl groups is 2. The summed E-state index contributed by atoms with van der Waals surface area (Å²) in [4.78, 5) is 26.1. The minimum absolute atomic E-state index is 0.0640. The maximum absolute atomic E-state index is 13.2. The van der Waals surface area contributed by atoms with Crippen LogP contribution in [-0.4, -0.2) is 46.9 Å². The van der Waals surface area contributed by atoms with Crippen LogP contribution in [0.2, 0.25) is 0 Å². The molecular formula is C53H97NO5. The van der Waals surface area contributed by atoms with Crippen molar-refractivity contribution in [3.63, 3.8) is 0 Å². The molecule has 0 spiro atoms. The lowest BCUT2D eigenvalue weighted by molar-refractivity contribution is -0.151. The van der Waals surface area contributed by atoms with E-state index in [0.29, 0.717) is 19.3 Å². The van der Waals surface area contributed by atoms with Gasteiger partial charge in [-0.3, -0.25) is 9.59 Å². The van der Waals surface area contributed by atoms with Crippen LogP contribution in [0.4, 0.5) is 0 Å². The van der Waals surface area contributed by atoms with Crippen molar-refractivity contribution in [2.75, 3.05) is 6.61 Å². The Labute approximate surface area is 366 Å². The molecule has 0 aliphatic rings. The Kier molecular flexibility index (Phi) is 45.1. The number of hydrogen-bond acceptors (Lipinski definition) is 5. The van der Waals surface area contributed by atoms with Gasteiger partial charge in [-0.15, -0.1) is 0 Å². The Morgan fingerprint density at radius 3 is 1.37 bits per heavy atom. The molecule has 0 aliphatic heterocycles. The molecule has 0 aromatic carbocycles. The normalized spacial score (nSPS) is 13.6. The highest BCUT2D eigenvalue weighted by Gasteiger charge is 2.24. The molecule has 0 aromatic heterocycles. The third-order valence-corrected chi connectivity index (χ3v) is 11.5. The number of amides is 1. The minimum atomic E-state index is -0.792. The van der Waals surface area contributed by atoms with E-state index < -0.39 is 18.2 Å². The maximum atomic E-state index is 13.2. The van der Waals surface area contributed by atoms with Crippen LogP contribution in [0.15, 0.2) is 48.6 Å². The quantitative estimate of drug-likeness (QED) is 0.0323. The van der Waals surface area contributed by atoms with Crippen molar-refractivity contribution in [2.24, 2.45) is 0 Å². The van der Waals surface area contributed by atoms with E-state index in [9.17, 15) is 19.8 Å². The Bertz CT molecular complexity index is 1020. The number of esters is 1. The van der Waals surface area contributed by atoms with Gasteiger partial charge in [0.15, 0.2) is 0 Å². The fraction of sp³-hybridized carbons (Fsp3) is 0.811. The minimum Gasteiger partial charge on any atom is -0.462 e. The first-order valence-electron chi connectivity index (χ1n) is 25.4. The van der Waals surface area contributed by atoms with Crippen molar-refractivity contribution in [1.29, 1.82) is 0 Å². The van der Waals surface area contributed by atoms with Gasteiger partial charge < -0.3 is 20.3 Å². The summed E-state index contributed by atoms with van der Waals surface area (Å²) in [6, 6.07) is -0.707. The molecule has 59 heavy (non-hydrogen) atoms. The van der Waals surface area contributed by atoms with E-state index in [1.807, 2.05) is 24.3 Å². The molecule has 0 fully saturated rings. The fourth-order valence-electron chi connectivity index (χ4n) is 7.68. The van der Waals surface area contributed by atoms with Crippen LogP contribution >= 0.6 is 0 Å². The summed E-state index contributed by atoms with van der Waals surface area (Å²) in [5, 5.41) is 23.8. The topological polar surface area (TPSA) is 95.9 Å². The highest BCUT2D eigenvalue weighted by atomic mass is 16.5. The summed E-state index contributed by atoms with van der Waals surface area (Å²) in [5.41, 5.74) is 0. The average Bonchev–Trinajstić information content (AvgIpc) is 3.23. The van der Waals surface area contributed by atoms with Crippen LogP contribution in [-0.2, 0) is 14.3 Å². The Morgan fingerprint density at radius 1 is 0.508 bits per heavy atom. The number of allylic oxidation sites excluding steroid dienone is 8. The third kappa shape index (κ3) is 42.3. The molecule has 6 nitrogen and oxygen atoms in total. The molecule has 0 radical (unpaired) electrons.